The fourth-order valence-electron chi connectivity index (χ4n) is 3.64. The topological polar surface area (TPSA) is 60.9 Å². The summed E-state index contributed by atoms with van der Waals surface area (Å²) < 4.78 is 29.0. The van der Waals surface area contributed by atoms with Crippen LogP contribution in [0.2, 0.25) is 0 Å². The van der Waals surface area contributed by atoms with Gasteiger partial charge >= 0.3 is 0 Å². The predicted octanol–water partition coefficient (Wildman–Crippen LogP) is 1.44. The molecule has 0 aromatic rings. The number of rotatable bonds is 3. The molecule has 2 heterocycles. The van der Waals surface area contributed by atoms with Gasteiger partial charge in [-0.1, -0.05) is 20.3 Å². The summed E-state index contributed by atoms with van der Waals surface area (Å²) in [6, 6.07) is -0.263. The second-order valence-electron chi connectivity index (χ2n) is 6.69. The summed E-state index contributed by atoms with van der Waals surface area (Å²) in [7, 11) is -3.44. The minimum absolute atomic E-state index is 0.263. The number of hydrogen-bond acceptors (Lipinski definition) is 3. The molecule has 0 spiro atoms. The molecule has 0 amide bonds. The molecule has 4 atom stereocenters. The summed E-state index contributed by atoms with van der Waals surface area (Å²) in [5.74, 6) is 0.812. The van der Waals surface area contributed by atoms with Crippen molar-refractivity contribution in [3.63, 3.8) is 0 Å². The Hall–Kier alpha value is -0.170. The summed E-state index contributed by atoms with van der Waals surface area (Å²) >= 11 is 0. The fourth-order valence-corrected chi connectivity index (χ4v) is 5.81. The van der Waals surface area contributed by atoms with E-state index in [2.05, 4.69) is 13.8 Å². The van der Waals surface area contributed by atoms with Gasteiger partial charge < -0.3 is 5.11 Å². The lowest BCUT2D eigenvalue weighted by Crippen LogP contribution is -2.56. The highest BCUT2D eigenvalue weighted by molar-refractivity contribution is 7.86. The monoisotopic (exact) mass is 304 g/mol. The van der Waals surface area contributed by atoms with E-state index in [0.29, 0.717) is 31.5 Å². The van der Waals surface area contributed by atoms with E-state index in [1.165, 1.54) is 0 Å². The van der Waals surface area contributed by atoms with Crippen molar-refractivity contribution in [2.75, 3.05) is 19.6 Å². The maximum atomic E-state index is 12.9. The first kappa shape index (κ1) is 16.2. The van der Waals surface area contributed by atoms with E-state index in [1.54, 1.807) is 15.5 Å². The van der Waals surface area contributed by atoms with E-state index >= 15 is 0 Å². The van der Waals surface area contributed by atoms with Gasteiger partial charge in [0.2, 0.25) is 0 Å². The maximum Gasteiger partial charge on any atom is 0.282 e. The quantitative estimate of drug-likeness (QED) is 0.858. The Morgan fingerprint density at radius 3 is 2.30 bits per heavy atom. The molecule has 0 unspecified atom stereocenters. The Balaban J connectivity index is 2.19. The highest BCUT2D eigenvalue weighted by Crippen LogP contribution is 2.29. The van der Waals surface area contributed by atoms with Gasteiger partial charge in [-0.15, -0.1) is 0 Å². The Kier molecular flexibility index (Phi) is 5.10. The van der Waals surface area contributed by atoms with E-state index < -0.39 is 16.3 Å². The van der Waals surface area contributed by atoms with Crippen LogP contribution in [0.5, 0.6) is 0 Å². The molecule has 20 heavy (non-hydrogen) atoms. The third-order valence-corrected chi connectivity index (χ3v) is 6.51. The fraction of sp³-hybridized carbons (Fsp3) is 1.00. The lowest BCUT2D eigenvalue weighted by Gasteiger charge is -2.42. The summed E-state index contributed by atoms with van der Waals surface area (Å²) in [5.41, 5.74) is 0. The molecule has 0 saturated carbocycles. The van der Waals surface area contributed by atoms with Crippen LogP contribution < -0.4 is 0 Å². The minimum Gasteiger partial charge on any atom is -0.392 e. The molecular weight excluding hydrogens is 276 g/mol. The average molecular weight is 304 g/mol. The normalized spacial score (nSPS) is 35.9. The Labute approximate surface area is 123 Å². The van der Waals surface area contributed by atoms with Gasteiger partial charge in [0, 0.05) is 19.6 Å². The zero-order chi connectivity index (χ0) is 14.9. The molecule has 0 radical (unpaired) electrons. The average Bonchev–Trinajstić information content (AvgIpc) is 2.37. The van der Waals surface area contributed by atoms with Crippen molar-refractivity contribution in [2.45, 2.75) is 58.6 Å². The molecule has 1 N–H and O–H groups in total. The molecule has 2 rings (SSSR count). The maximum absolute atomic E-state index is 12.9. The van der Waals surface area contributed by atoms with Crippen LogP contribution in [0.1, 0.15) is 46.5 Å². The van der Waals surface area contributed by atoms with Crippen LogP contribution in [0.15, 0.2) is 0 Å². The van der Waals surface area contributed by atoms with Gasteiger partial charge in [0.1, 0.15) is 0 Å². The standard InChI is InChI=1S/C14H28N2O3S/c1-11-8-12(2)10-15(9-11)20(18,19)16-7-5-4-6-14(16)13(3)17/h11-14,17H,4-10H2,1-3H3/t11-,12+,13-,14-/m0/s1. The predicted molar refractivity (Wildman–Crippen MR) is 79.5 cm³/mol. The largest absolute Gasteiger partial charge is 0.392 e. The van der Waals surface area contributed by atoms with Crippen molar-refractivity contribution >= 4 is 10.2 Å². The van der Waals surface area contributed by atoms with Crippen molar-refractivity contribution in [3.05, 3.63) is 0 Å². The van der Waals surface area contributed by atoms with E-state index in [4.69, 9.17) is 0 Å². The Morgan fingerprint density at radius 2 is 1.75 bits per heavy atom. The summed E-state index contributed by atoms with van der Waals surface area (Å²) in [5, 5.41) is 9.89. The van der Waals surface area contributed by atoms with Crippen molar-refractivity contribution in [3.8, 4) is 0 Å². The van der Waals surface area contributed by atoms with E-state index in [-0.39, 0.29) is 6.04 Å². The van der Waals surface area contributed by atoms with Crippen LogP contribution in [0, 0.1) is 11.8 Å². The van der Waals surface area contributed by atoms with Gasteiger partial charge in [0.25, 0.3) is 10.2 Å². The summed E-state index contributed by atoms with van der Waals surface area (Å²) in [6.07, 6.45) is 3.13. The highest BCUT2D eigenvalue weighted by Gasteiger charge is 2.40. The first-order valence-electron chi connectivity index (χ1n) is 7.77. The first-order valence-corrected chi connectivity index (χ1v) is 9.17. The highest BCUT2D eigenvalue weighted by atomic mass is 32.2. The van der Waals surface area contributed by atoms with Crippen molar-refractivity contribution in [2.24, 2.45) is 11.8 Å². The molecule has 5 nitrogen and oxygen atoms in total. The zero-order valence-electron chi connectivity index (χ0n) is 12.8. The Bertz CT molecular complexity index is 414. The second-order valence-corrected chi connectivity index (χ2v) is 8.57. The summed E-state index contributed by atoms with van der Waals surface area (Å²) in [4.78, 5) is 0. The van der Waals surface area contributed by atoms with E-state index in [0.717, 1.165) is 25.7 Å². The van der Waals surface area contributed by atoms with Crippen molar-refractivity contribution in [1.29, 1.82) is 0 Å². The number of hydrogen-bond donors (Lipinski definition) is 1. The molecule has 2 saturated heterocycles. The Morgan fingerprint density at radius 1 is 1.15 bits per heavy atom. The molecule has 2 fully saturated rings. The van der Waals surface area contributed by atoms with Crippen LogP contribution in [-0.2, 0) is 10.2 Å². The van der Waals surface area contributed by atoms with Crippen LogP contribution in [0.3, 0.4) is 0 Å². The first-order chi connectivity index (χ1) is 9.32. The van der Waals surface area contributed by atoms with E-state index in [1.807, 2.05) is 0 Å². The molecule has 0 bridgehead atoms. The van der Waals surface area contributed by atoms with Gasteiger partial charge in [-0.3, -0.25) is 0 Å². The SMILES string of the molecule is C[C@@H]1C[C@H](C)CN(S(=O)(=O)N2CCCC[C@H]2[C@H](C)O)C1. The molecule has 0 aromatic carbocycles. The third-order valence-electron chi connectivity index (χ3n) is 4.51. The molecule has 2 aliphatic heterocycles. The lowest BCUT2D eigenvalue weighted by molar-refractivity contribution is 0.0765. The van der Waals surface area contributed by atoms with Crippen LogP contribution in [0.4, 0.5) is 0 Å². The number of piperidine rings is 2. The molecule has 6 heteroatoms. The van der Waals surface area contributed by atoms with Crippen LogP contribution in [-0.4, -0.2) is 53.9 Å². The van der Waals surface area contributed by atoms with Gasteiger partial charge in [-0.05, 0) is 38.0 Å². The molecule has 0 aromatic heterocycles. The molecule has 0 aliphatic carbocycles. The number of aliphatic hydroxyl groups excluding tert-OH is 1. The third kappa shape index (κ3) is 3.35. The van der Waals surface area contributed by atoms with Gasteiger partial charge in [-0.2, -0.15) is 17.0 Å². The number of nitrogens with zero attached hydrogens (tertiary/aromatic N) is 2. The van der Waals surface area contributed by atoms with Crippen LogP contribution >= 0.6 is 0 Å². The zero-order valence-corrected chi connectivity index (χ0v) is 13.6. The van der Waals surface area contributed by atoms with Crippen molar-refractivity contribution in [1.82, 2.24) is 8.61 Å². The van der Waals surface area contributed by atoms with Crippen LogP contribution in [0.25, 0.3) is 0 Å². The van der Waals surface area contributed by atoms with Gasteiger partial charge in [0.05, 0.1) is 12.1 Å². The lowest BCUT2D eigenvalue weighted by atomic mass is 9.94. The van der Waals surface area contributed by atoms with Gasteiger partial charge in [-0.25, -0.2) is 0 Å². The van der Waals surface area contributed by atoms with Crippen molar-refractivity contribution < 1.29 is 13.5 Å². The second kappa shape index (κ2) is 6.30. The molecule has 118 valence electrons. The number of aliphatic hydroxyl groups is 1. The molecule has 2 aliphatic rings. The van der Waals surface area contributed by atoms with E-state index in [9.17, 15) is 13.5 Å². The minimum atomic E-state index is -3.44. The van der Waals surface area contributed by atoms with Gasteiger partial charge in [0.15, 0.2) is 0 Å². The molecular formula is C14H28N2O3S. The summed E-state index contributed by atoms with van der Waals surface area (Å²) in [6.45, 7) is 7.67. The smallest absolute Gasteiger partial charge is 0.282 e.